The van der Waals surface area contributed by atoms with E-state index < -0.39 is 39.2 Å². The second-order valence-electron chi connectivity index (χ2n) is 6.50. The molecule has 156 valence electrons. The van der Waals surface area contributed by atoms with Gasteiger partial charge in [0.15, 0.2) is 6.61 Å². The Bertz CT molecular complexity index is 808. The first kappa shape index (κ1) is 22.3. The van der Waals surface area contributed by atoms with Crippen LogP contribution in [0.25, 0.3) is 0 Å². The van der Waals surface area contributed by atoms with Crippen molar-refractivity contribution >= 4 is 21.9 Å². The molecule has 1 aromatic rings. The molecule has 1 aliphatic heterocycles. The van der Waals surface area contributed by atoms with E-state index in [9.17, 15) is 22.4 Å². The van der Waals surface area contributed by atoms with Gasteiger partial charge < -0.3 is 14.8 Å². The highest BCUT2D eigenvalue weighted by Gasteiger charge is 2.30. The van der Waals surface area contributed by atoms with Crippen LogP contribution in [0.3, 0.4) is 0 Å². The number of carbonyl (C=O) groups is 2. The van der Waals surface area contributed by atoms with Crippen molar-refractivity contribution in [1.29, 1.82) is 0 Å². The number of halogens is 1. The van der Waals surface area contributed by atoms with Crippen molar-refractivity contribution < 1.29 is 31.9 Å². The maximum atomic E-state index is 14.2. The largest absolute Gasteiger partial charge is 0.452 e. The van der Waals surface area contributed by atoms with Gasteiger partial charge in [0.25, 0.3) is 5.91 Å². The van der Waals surface area contributed by atoms with Crippen LogP contribution in [0.4, 0.5) is 4.39 Å². The molecule has 0 aliphatic carbocycles. The van der Waals surface area contributed by atoms with Crippen molar-refractivity contribution in [3.8, 4) is 0 Å². The highest BCUT2D eigenvalue weighted by molar-refractivity contribution is 7.89. The van der Waals surface area contributed by atoms with E-state index in [0.717, 1.165) is 35.3 Å². The number of sulfonamides is 1. The maximum absolute atomic E-state index is 14.2. The minimum Gasteiger partial charge on any atom is -0.452 e. The summed E-state index contributed by atoms with van der Waals surface area (Å²) >= 11 is 0. The first-order chi connectivity index (χ1) is 13.3. The number of rotatable bonds is 8. The van der Waals surface area contributed by atoms with Crippen LogP contribution < -0.4 is 5.32 Å². The van der Waals surface area contributed by atoms with Crippen LogP contribution in [0, 0.1) is 5.82 Å². The molecule has 0 unspecified atom stereocenters. The molecule has 1 heterocycles. The Labute approximate surface area is 164 Å². The fraction of sp³-hybridized carbons (Fsp3) is 0.556. The molecule has 1 amide bonds. The number of amides is 1. The Balaban J connectivity index is 2.07. The topological polar surface area (TPSA) is 102 Å². The van der Waals surface area contributed by atoms with E-state index in [0.29, 0.717) is 0 Å². The molecule has 1 fully saturated rings. The third-order valence-corrected chi connectivity index (χ3v) is 6.13. The molecule has 0 spiro atoms. The predicted molar refractivity (Wildman–Crippen MR) is 98.8 cm³/mol. The highest BCUT2D eigenvalue weighted by Crippen LogP contribution is 2.22. The van der Waals surface area contributed by atoms with Gasteiger partial charge in [-0.05, 0) is 31.5 Å². The Morgan fingerprint density at radius 2 is 2.00 bits per heavy atom. The molecule has 8 nitrogen and oxygen atoms in total. The number of esters is 1. The fourth-order valence-corrected chi connectivity index (χ4v) is 4.29. The van der Waals surface area contributed by atoms with Crippen LogP contribution in [-0.4, -0.2) is 63.6 Å². The van der Waals surface area contributed by atoms with Crippen molar-refractivity contribution in [2.75, 3.05) is 32.9 Å². The summed E-state index contributed by atoms with van der Waals surface area (Å²) in [6, 6.07) is 2.90. The first-order valence-corrected chi connectivity index (χ1v) is 10.5. The summed E-state index contributed by atoms with van der Waals surface area (Å²) in [6.45, 7) is 3.96. The quantitative estimate of drug-likeness (QED) is 0.641. The van der Waals surface area contributed by atoms with Crippen LogP contribution in [0.2, 0.25) is 0 Å². The summed E-state index contributed by atoms with van der Waals surface area (Å²) in [5.74, 6) is -2.33. The third-order valence-electron chi connectivity index (χ3n) is 4.22. The maximum Gasteiger partial charge on any atom is 0.338 e. The molecule has 0 saturated carbocycles. The average Bonchev–Trinajstić information content (AvgIpc) is 2.67. The molecule has 1 aliphatic rings. The summed E-state index contributed by atoms with van der Waals surface area (Å²) in [7, 11) is -4.11. The van der Waals surface area contributed by atoms with Crippen LogP contribution in [0.1, 0.15) is 37.0 Å². The molecular formula is C18H25FN2O6S. The lowest BCUT2D eigenvalue weighted by atomic mass is 10.2. The van der Waals surface area contributed by atoms with Gasteiger partial charge in [0.1, 0.15) is 10.7 Å². The summed E-state index contributed by atoms with van der Waals surface area (Å²) in [5, 5.41) is 2.68. The summed E-state index contributed by atoms with van der Waals surface area (Å²) in [5.41, 5.74) is -0.150. The zero-order chi connectivity index (χ0) is 20.7. The summed E-state index contributed by atoms with van der Waals surface area (Å²) in [4.78, 5) is 23.4. The third kappa shape index (κ3) is 5.73. The lowest BCUT2D eigenvalue weighted by molar-refractivity contribution is -0.124. The molecule has 10 heteroatoms. The molecule has 0 aromatic heterocycles. The second-order valence-corrected chi connectivity index (χ2v) is 8.40. The van der Waals surface area contributed by atoms with E-state index in [-0.39, 0.29) is 37.9 Å². The fourth-order valence-electron chi connectivity index (χ4n) is 2.79. The number of hydrogen-bond donors (Lipinski definition) is 1. The number of hydrogen-bond acceptors (Lipinski definition) is 6. The summed E-state index contributed by atoms with van der Waals surface area (Å²) in [6.07, 6.45) is 1.69. The Hall–Kier alpha value is -2.04. The molecule has 1 atom stereocenters. The Morgan fingerprint density at radius 3 is 2.64 bits per heavy atom. The zero-order valence-corrected chi connectivity index (χ0v) is 16.8. The molecule has 2 rings (SSSR count). The zero-order valence-electron chi connectivity index (χ0n) is 15.9. The molecule has 1 N–H and O–H groups in total. The lowest BCUT2D eigenvalue weighted by Crippen LogP contribution is -2.41. The van der Waals surface area contributed by atoms with Crippen LogP contribution >= 0.6 is 0 Å². The monoisotopic (exact) mass is 416 g/mol. The smallest absolute Gasteiger partial charge is 0.338 e. The lowest BCUT2D eigenvalue weighted by Gasteiger charge is -2.26. The van der Waals surface area contributed by atoms with Crippen molar-refractivity contribution in [2.24, 2.45) is 0 Å². The van der Waals surface area contributed by atoms with Gasteiger partial charge in [-0.25, -0.2) is 17.6 Å². The van der Waals surface area contributed by atoms with Crippen LogP contribution in [0.15, 0.2) is 23.1 Å². The number of nitrogens with one attached hydrogen (secondary N) is 1. The van der Waals surface area contributed by atoms with Crippen molar-refractivity contribution in [3.05, 3.63) is 29.6 Å². The van der Waals surface area contributed by atoms with Gasteiger partial charge in [-0.15, -0.1) is 0 Å². The van der Waals surface area contributed by atoms with E-state index in [1.165, 1.54) is 0 Å². The highest BCUT2D eigenvalue weighted by atomic mass is 32.2. The Morgan fingerprint density at radius 1 is 1.32 bits per heavy atom. The van der Waals surface area contributed by atoms with Gasteiger partial charge in [-0.3, -0.25) is 4.79 Å². The molecule has 28 heavy (non-hydrogen) atoms. The average molecular weight is 416 g/mol. The predicted octanol–water partition coefficient (Wildman–Crippen LogP) is 1.31. The minimum atomic E-state index is -4.11. The molecule has 1 aromatic carbocycles. The minimum absolute atomic E-state index is 0.0488. The SMILES string of the molecule is CCC[C@@H](C)NC(=O)COC(=O)c1ccc(F)c(S(=O)(=O)N2CCOCC2)c1. The molecule has 1 saturated heterocycles. The van der Waals surface area contributed by atoms with E-state index in [1.807, 2.05) is 13.8 Å². The standard InChI is InChI=1S/C18H25FN2O6S/c1-3-4-13(2)20-17(22)12-27-18(23)14-5-6-15(19)16(11-14)28(24,25)21-7-9-26-10-8-21/h5-6,11,13H,3-4,7-10,12H2,1-2H3,(H,20,22)/t13-/m1/s1. The van der Waals surface area contributed by atoms with Gasteiger partial charge in [-0.2, -0.15) is 4.31 Å². The number of morpholine rings is 1. The number of carbonyl (C=O) groups excluding carboxylic acids is 2. The van der Waals surface area contributed by atoms with Crippen molar-refractivity contribution in [2.45, 2.75) is 37.6 Å². The molecule has 0 bridgehead atoms. The summed E-state index contributed by atoms with van der Waals surface area (Å²) < 4.78 is 50.6. The molecule has 0 radical (unpaired) electrons. The van der Waals surface area contributed by atoms with Gasteiger partial charge in [-0.1, -0.05) is 13.3 Å². The normalized spacial score (nSPS) is 16.4. The number of ether oxygens (including phenoxy) is 2. The first-order valence-electron chi connectivity index (χ1n) is 9.09. The number of nitrogens with zero attached hydrogens (tertiary/aromatic N) is 1. The van der Waals surface area contributed by atoms with Crippen molar-refractivity contribution in [1.82, 2.24) is 9.62 Å². The second kappa shape index (κ2) is 9.94. The van der Waals surface area contributed by atoms with Crippen LogP contribution in [-0.2, 0) is 24.3 Å². The van der Waals surface area contributed by atoms with Gasteiger partial charge in [0.05, 0.1) is 18.8 Å². The van der Waals surface area contributed by atoms with Gasteiger partial charge in [0, 0.05) is 19.1 Å². The van der Waals surface area contributed by atoms with Crippen molar-refractivity contribution in [3.63, 3.8) is 0 Å². The van der Waals surface area contributed by atoms with E-state index in [1.54, 1.807) is 0 Å². The van der Waals surface area contributed by atoms with Gasteiger partial charge >= 0.3 is 5.97 Å². The Kier molecular flexibility index (Phi) is 7.90. The van der Waals surface area contributed by atoms with E-state index in [2.05, 4.69) is 5.32 Å². The number of benzene rings is 1. The van der Waals surface area contributed by atoms with Gasteiger partial charge in [0.2, 0.25) is 10.0 Å². The molecular weight excluding hydrogens is 391 g/mol. The van der Waals surface area contributed by atoms with Crippen LogP contribution in [0.5, 0.6) is 0 Å². The van der Waals surface area contributed by atoms with E-state index in [4.69, 9.17) is 9.47 Å². The van der Waals surface area contributed by atoms with E-state index >= 15 is 0 Å².